The molecule has 0 radical (unpaired) electrons. The Morgan fingerprint density at radius 3 is 2.77 bits per heavy atom. The summed E-state index contributed by atoms with van der Waals surface area (Å²) >= 11 is 0. The van der Waals surface area contributed by atoms with Crippen molar-refractivity contribution in [3.8, 4) is 0 Å². The largest absolute Gasteiger partial charge is 0.351 e. The van der Waals surface area contributed by atoms with Gasteiger partial charge in [0.05, 0.1) is 5.92 Å². The molecule has 4 nitrogen and oxygen atoms in total. The summed E-state index contributed by atoms with van der Waals surface area (Å²) < 4.78 is 13.3. The van der Waals surface area contributed by atoms with Crippen LogP contribution in [0.1, 0.15) is 23.5 Å². The number of carbonyl (C=O) groups is 2. The molecular formula is C17H15FN2O2. The maximum atomic E-state index is 13.3. The zero-order chi connectivity index (χ0) is 15.5. The van der Waals surface area contributed by atoms with Crippen molar-refractivity contribution in [3.05, 3.63) is 65.5 Å². The zero-order valence-corrected chi connectivity index (χ0v) is 11.8. The highest BCUT2D eigenvalue weighted by molar-refractivity contribution is 6.01. The van der Waals surface area contributed by atoms with E-state index in [0.29, 0.717) is 17.8 Å². The van der Waals surface area contributed by atoms with E-state index in [1.165, 1.54) is 12.1 Å². The molecule has 1 aliphatic heterocycles. The van der Waals surface area contributed by atoms with Crippen LogP contribution < -0.4 is 10.6 Å². The van der Waals surface area contributed by atoms with Crippen molar-refractivity contribution in [2.45, 2.75) is 18.9 Å². The van der Waals surface area contributed by atoms with E-state index in [9.17, 15) is 14.0 Å². The third kappa shape index (κ3) is 2.98. The van der Waals surface area contributed by atoms with Gasteiger partial charge in [0, 0.05) is 18.7 Å². The van der Waals surface area contributed by atoms with Crippen LogP contribution in [0.3, 0.4) is 0 Å². The summed E-state index contributed by atoms with van der Waals surface area (Å²) in [5, 5.41) is 5.43. The number of nitrogens with one attached hydrogen (secondary N) is 2. The number of hydrogen-bond acceptors (Lipinski definition) is 2. The lowest BCUT2D eigenvalue weighted by atomic mass is 9.89. The Balaban J connectivity index is 1.77. The van der Waals surface area contributed by atoms with Crippen LogP contribution in [0.2, 0.25) is 0 Å². The van der Waals surface area contributed by atoms with Crippen LogP contribution in [-0.2, 0) is 16.1 Å². The first-order valence-corrected chi connectivity index (χ1v) is 7.04. The molecule has 0 fully saturated rings. The molecule has 0 aliphatic carbocycles. The van der Waals surface area contributed by atoms with Crippen LogP contribution in [-0.4, -0.2) is 11.8 Å². The van der Waals surface area contributed by atoms with Crippen molar-refractivity contribution < 1.29 is 14.0 Å². The smallest absolute Gasteiger partial charge is 0.228 e. The van der Waals surface area contributed by atoms with Crippen molar-refractivity contribution >= 4 is 17.5 Å². The number of fused-ring (bicyclic) bond motifs is 1. The molecule has 2 aromatic rings. The second kappa shape index (κ2) is 5.97. The van der Waals surface area contributed by atoms with Gasteiger partial charge in [-0.05, 0) is 23.3 Å². The van der Waals surface area contributed by atoms with Gasteiger partial charge in [-0.2, -0.15) is 0 Å². The highest BCUT2D eigenvalue weighted by Crippen LogP contribution is 2.32. The second-order valence-corrected chi connectivity index (χ2v) is 5.24. The monoisotopic (exact) mass is 298 g/mol. The van der Waals surface area contributed by atoms with E-state index in [0.717, 1.165) is 5.56 Å². The number of carbonyl (C=O) groups excluding carboxylic acids is 2. The molecule has 1 aliphatic rings. The Kier molecular flexibility index (Phi) is 3.87. The number of amides is 2. The number of anilines is 1. The molecule has 0 bridgehead atoms. The normalized spacial score (nSPS) is 16.6. The van der Waals surface area contributed by atoms with E-state index in [-0.39, 0.29) is 18.2 Å². The molecule has 0 saturated heterocycles. The first-order valence-electron chi connectivity index (χ1n) is 7.04. The van der Waals surface area contributed by atoms with Gasteiger partial charge < -0.3 is 10.6 Å². The number of benzene rings is 2. The van der Waals surface area contributed by atoms with Gasteiger partial charge in [-0.1, -0.05) is 36.4 Å². The molecule has 0 spiro atoms. The average Bonchev–Trinajstić information content (AvgIpc) is 2.52. The molecule has 0 saturated carbocycles. The Morgan fingerprint density at radius 1 is 1.23 bits per heavy atom. The molecule has 2 aromatic carbocycles. The molecule has 0 unspecified atom stereocenters. The van der Waals surface area contributed by atoms with Crippen LogP contribution in [0.25, 0.3) is 0 Å². The fraction of sp³-hybridized carbons (Fsp3) is 0.176. The molecule has 3 rings (SSSR count). The summed E-state index contributed by atoms with van der Waals surface area (Å²) in [6, 6.07) is 13.6. The maximum Gasteiger partial charge on any atom is 0.228 e. The number of halogens is 1. The SMILES string of the molecule is O=C1C[C@H](C(=O)NCc2ccccc2)c2ccc(F)cc2N1. The van der Waals surface area contributed by atoms with Crippen molar-refractivity contribution in [3.63, 3.8) is 0 Å². The van der Waals surface area contributed by atoms with Crippen molar-refractivity contribution in [2.24, 2.45) is 0 Å². The van der Waals surface area contributed by atoms with Crippen molar-refractivity contribution in [1.82, 2.24) is 5.32 Å². The molecule has 1 heterocycles. The summed E-state index contributed by atoms with van der Waals surface area (Å²) in [5.41, 5.74) is 2.00. The van der Waals surface area contributed by atoms with Crippen LogP contribution in [0.5, 0.6) is 0 Å². The van der Waals surface area contributed by atoms with E-state index < -0.39 is 11.7 Å². The molecule has 1 atom stereocenters. The van der Waals surface area contributed by atoms with Crippen LogP contribution >= 0.6 is 0 Å². The number of hydrogen-bond donors (Lipinski definition) is 2. The van der Waals surface area contributed by atoms with Gasteiger partial charge >= 0.3 is 0 Å². The summed E-state index contributed by atoms with van der Waals surface area (Å²) in [6.45, 7) is 0.397. The summed E-state index contributed by atoms with van der Waals surface area (Å²) in [5.74, 6) is -1.54. The minimum atomic E-state index is -0.590. The highest BCUT2D eigenvalue weighted by atomic mass is 19.1. The number of rotatable bonds is 3. The Morgan fingerprint density at radius 2 is 2.00 bits per heavy atom. The lowest BCUT2D eigenvalue weighted by molar-refractivity contribution is -0.126. The van der Waals surface area contributed by atoms with Gasteiger partial charge in [0.25, 0.3) is 0 Å². The van der Waals surface area contributed by atoms with Gasteiger partial charge in [0.1, 0.15) is 5.82 Å². The van der Waals surface area contributed by atoms with Crippen LogP contribution in [0.4, 0.5) is 10.1 Å². The van der Waals surface area contributed by atoms with Gasteiger partial charge in [-0.3, -0.25) is 9.59 Å². The van der Waals surface area contributed by atoms with E-state index in [1.807, 2.05) is 30.3 Å². The zero-order valence-electron chi connectivity index (χ0n) is 11.8. The predicted molar refractivity (Wildman–Crippen MR) is 80.7 cm³/mol. The van der Waals surface area contributed by atoms with Gasteiger partial charge in [-0.25, -0.2) is 4.39 Å². The summed E-state index contributed by atoms with van der Waals surface area (Å²) in [4.78, 5) is 24.1. The molecule has 112 valence electrons. The van der Waals surface area contributed by atoms with Crippen molar-refractivity contribution in [2.75, 3.05) is 5.32 Å². The minimum Gasteiger partial charge on any atom is -0.351 e. The van der Waals surface area contributed by atoms with Crippen molar-refractivity contribution in [1.29, 1.82) is 0 Å². The predicted octanol–water partition coefficient (Wildman–Crippen LogP) is 2.57. The molecule has 0 aromatic heterocycles. The quantitative estimate of drug-likeness (QED) is 0.915. The summed E-state index contributed by atoms with van der Waals surface area (Å²) in [6.07, 6.45) is 0.0687. The first kappa shape index (κ1) is 14.3. The molecule has 22 heavy (non-hydrogen) atoms. The fourth-order valence-electron chi connectivity index (χ4n) is 2.58. The van der Waals surface area contributed by atoms with Crippen LogP contribution in [0, 0.1) is 5.82 Å². The third-order valence-corrected chi connectivity index (χ3v) is 3.68. The fourth-order valence-corrected chi connectivity index (χ4v) is 2.58. The second-order valence-electron chi connectivity index (χ2n) is 5.24. The third-order valence-electron chi connectivity index (χ3n) is 3.68. The van der Waals surface area contributed by atoms with Gasteiger partial charge in [0.15, 0.2) is 0 Å². The lowest BCUT2D eigenvalue weighted by Gasteiger charge is -2.24. The lowest BCUT2D eigenvalue weighted by Crippen LogP contribution is -2.34. The topological polar surface area (TPSA) is 58.2 Å². The standard InChI is InChI=1S/C17H15FN2O2/c18-12-6-7-13-14(9-16(21)20-15(13)8-12)17(22)19-10-11-4-2-1-3-5-11/h1-8,14H,9-10H2,(H,19,22)(H,20,21)/t14-/m0/s1. The van der Waals surface area contributed by atoms with Crippen LogP contribution in [0.15, 0.2) is 48.5 Å². The molecule has 2 amide bonds. The van der Waals surface area contributed by atoms with E-state index >= 15 is 0 Å². The van der Waals surface area contributed by atoms with E-state index in [1.54, 1.807) is 6.07 Å². The Bertz CT molecular complexity index is 716. The molecular weight excluding hydrogens is 283 g/mol. The van der Waals surface area contributed by atoms with E-state index in [4.69, 9.17) is 0 Å². The maximum absolute atomic E-state index is 13.3. The summed E-state index contributed by atoms with van der Waals surface area (Å²) in [7, 11) is 0. The Hall–Kier alpha value is -2.69. The van der Waals surface area contributed by atoms with E-state index in [2.05, 4.69) is 10.6 Å². The first-order chi connectivity index (χ1) is 10.6. The van der Waals surface area contributed by atoms with Gasteiger partial charge in [0.2, 0.25) is 11.8 Å². The molecule has 2 N–H and O–H groups in total. The Labute approximate surface area is 127 Å². The average molecular weight is 298 g/mol. The molecule has 5 heteroatoms. The highest BCUT2D eigenvalue weighted by Gasteiger charge is 2.30. The van der Waals surface area contributed by atoms with Gasteiger partial charge in [-0.15, -0.1) is 0 Å². The minimum absolute atomic E-state index is 0.0687.